The summed E-state index contributed by atoms with van der Waals surface area (Å²) in [6.45, 7) is 0. The Labute approximate surface area is 123 Å². The van der Waals surface area contributed by atoms with Crippen LogP contribution in [-0.4, -0.2) is 12.1 Å². The van der Waals surface area contributed by atoms with Crippen molar-refractivity contribution >= 4 is 46.8 Å². The van der Waals surface area contributed by atoms with Gasteiger partial charge in [0.1, 0.15) is 6.07 Å². The van der Waals surface area contributed by atoms with E-state index in [0.717, 1.165) is 23.1 Å². The van der Waals surface area contributed by atoms with E-state index in [0.29, 0.717) is 5.56 Å². The first-order valence-corrected chi connectivity index (χ1v) is 6.69. The minimum Gasteiger partial charge on any atom is -0.294 e. The Morgan fingerprint density at radius 2 is 1.89 bits per heavy atom. The van der Waals surface area contributed by atoms with Crippen LogP contribution in [0.4, 0.5) is 0 Å². The number of hydrogen-bond donors (Lipinski definition) is 0. The average molecular weight is 319 g/mol. The normalized spacial score (nSPS) is 11.2. The smallest absolute Gasteiger partial charge is 0.256 e. The van der Waals surface area contributed by atoms with Gasteiger partial charge < -0.3 is 0 Å². The van der Waals surface area contributed by atoms with E-state index in [1.165, 1.54) is 0 Å². The third kappa shape index (κ3) is 3.33. The second-order valence-corrected chi connectivity index (χ2v) is 7.50. The van der Waals surface area contributed by atoms with Crippen LogP contribution in [0.3, 0.4) is 0 Å². The van der Waals surface area contributed by atoms with Gasteiger partial charge in [-0.2, -0.15) is 5.26 Å². The zero-order valence-electron chi connectivity index (χ0n) is 8.85. The molecule has 0 aliphatic carbocycles. The molecule has 2 heterocycles. The molecule has 0 spiro atoms. The van der Waals surface area contributed by atoms with Gasteiger partial charge in [0.05, 0.1) is 5.56 Å². The van der Waals surface area contributed by atoms with Crippen LogP contribution in [0.15, 0.2) is 36.9 Å². The molecule has 0 bridgehead atoms. The first-order valence-electron chi connectivity index (χ1n) is 4.78. The fourth-order valence-corrected chi connectivity index (χ4v) is 2.73. The summed E-state index contributed by atoms with van der Waals surface area (Å²) in [5.41, 5.74) is 2.19. The van der Waals surface area contributed by atoms with Crippen molar-refractivity contribution in [1.29, 1.82) is 5.26 Å². The van der Waals surface area contributed by atoms with Crippen LogP contribution in [0.5, 0.6) is 0 Å². The van der Waals surface area contributed by atoms with Crippen LogP contribution < -0.4 is 0 Å². The molecule has 0 amide bonds. The molecule has 0 radical (unpaired) electrons. The molecule has 0 aliphatic rings. The van der Waals surface area contributed by atoms with Crippen molar-refractivity contribution in [3.8, 4) is 17.2 Å². The Morgan fingerprint density at radius 3 is 2.44 bits per heavy atom. The maximum Gasteiger partial charge on any atom is 0.256 e. The highest BCUT2D eigenvalue weighted by molar-refractivity contribution is 8.03. The summed E-state index contributed by atoms with van der Waals surface area (Å²) in [6, 6.07) is 5.76. The molecule has 7 heteroatoms. The molecule has 0 saturated heterocycles. The van der Waals surface area contributed by atoms with E-state index in [9.17, 15) is 0 Å². The SMILES string of the molecule is N#Cc1cn(SC(Cl)(Cl)Cl)cc1-c1ccncc1. The molecule has 18 heavy (non-hydrogen) atoms. The van der Waals surface area contributed by atoms with Gasteiger partial charge in [0.2, 0.25) is 0 Å². The molecular formula is C11H6Cl3N3S. The molecule has 92 valence electrons. The molecular weight excluding hydrogens is 313 g/mol. The molecule has 0 atom stereocenters. The molecule has 0 N–H and O–H groups in total. The Morgan fingerprint density at radius 1 is 1.22 bits per heavy atom. The minimum absolute atomic E-state index is 0.517. The third-order valence-electron chi connectivity index (χ3n) is 2.12. The van der Waals surface area contributed by atoms with Gasteiger partial charge in [-0.05, 0) is 17.7 Å². The lowest BCUT2D eigenvalue weighted by Gasteiger charge is -2.09. The standard InChI is InChI=1S/C11H6Cl3N3S/c12-11(13,14)18-17-6-9(5-15)10(7-17)8-1-3-16-4-2-8/h1-4,6-7H. The van der Waals surface area contributed by atoms with Gasteiger partial charge >= 0.3 is 0 Å². The Balaban J connectivity index is 2.41. The van der Waals surface area contributed by atoms with Gasteiger partial charge in [-0.15, -0.1) is 0 Å². The predicted octanol–water partition coefficient (Wildman–Crippen LogP) is 4.25. The second-order valence-electron chi connectivity index (χ2n) is 3.33. The largest absolute Gasteiger partial charge is 0.294 e. The van der Waals surface area contributed by atoms with Gasteiger partial charge in [-0.3, -0.25) is 8.96 Å². The number of rotatable bonds is 2. The average Bonchev–Trinajstić information content (AvgIpc) is 2.71. The molecule has 0 aliphatic heterocycles. The molecule has 2 aromatic rings. The van der Waals surface area contributed by atoms with Crippen molar-refractivity contribution in [2.24, 2.45) is 0 Å². The van der Waals surface area contributed by atoms with Crippen LogP contribution in [0, 0.1) is 11.3 Å². The fourth-order valence-electron chi connectivity index (χ4n) is 1.45. The number of hydrogen-bond acceptors (Lipinski definition) is 3. The first-order chi connectivity index (χ1) is 8.49. The lowest BCUT2D eigenvalue weighted by Crippen LogP contribution is -1.97. The molecule has 0 saturated carbocycles. The highest BCUT2D eigenvalue weighted by atomic mass is 35.6. The Bertz CT molecular complexity index is 584. The number of pyridine rings is 1. The Kier molecular flexibility index (Phi) is 4.08. The summed E-state index contributed by atoms with van der Waals surface area (Å²) in [7, 11) is 0. The summed E-state index contributed by atoms with van der Waals surface area (Å²) in [6.07, 6.45) is 6.70. The number of nitriles is 1. The zero-order chi connectivity index (χ0) is 13.2. The lowest BCUT2D eigenvalue weighted by atomic mass is 10.1. The molecule has 0 aromatic carbocycles. The molecule has 0 fully saturated rings. The topological polar surface area (TPSA) is 41.6 Å². The maximum atomic E-state index is 9.10. The number of alkyl halides is 3. The summed E-state index contributed by atoms with van der Waals surface area (Å²) >= 11 is 18.1. The van der Waals surface area contributed by atoms with Crippen LogP contribution in [-0.2, 0) is 0 Å². The summed E-state index contributed by atoms with van der Waals surface area (Å²) < 4.78 is 0.141. The number of halogens is 3. The minimum atomic E-state index is -1.47. The second kappa shape index (κ2) is 5.41. The summed E-state index contributed by atoms with van der Waals surface area (Å²) in [5.74, 6) is 0. The van der Waals surface area contributed by atoms with Crippen LogP contribution >= 0.6 is 46.8 Å². The van der Waals surface area contributed by atoms with E-state index in [-0.39, 0.29) is 0 Å². The van der Waals surface area contributed by atoms with Crippen LogP contribution in [0.2, 0.25) is 0 Å². The third-order valence-corrected chi connectivity index (χ3v) is 3.37. The lowest BCUT2D eigenvalue weighted by molar-refractivity contribution is 1.27. The van der Waals surface area contributed by atoms with Gasteiger partial charge in [0.15, 0.2) is 0 Å². The predicted molar refractivity (Wildman–Crippen MR) is 75.7 cm³/mol. The van der Waals surface area contributed by atoms with Gasteiger partial charge in [0.25, 0.3) is 3.12 Å². The highest BCUT2D eigenvalue weighted by Crippen LogP contribution is 2.41. The number of nitrogens with zero attached hydrogens (tertiary/aromatic N) is 3. The maximum absolute atomic E-state index is 9.10. The fraction of sp³-hybridized carbons (Fsp3) is 0.0909. The van der Waals surface area contributed by atoms with Crippen molar-refractivity contribution in [2.75, 3.05) is 0 Å². The quantitative estimate of drug-likeness (QED) is 0.777. The summed E-state index contributed by atoms with van der Waals surface area (Å²) in [5, 5.41) is 9.10. The van der Waals surface area contributed by atoms with Crippen molar-refractivity contribution in [3.05, 3.63) is 42.5 Å². The van der Waals surface area contributed by atoms with Crippen molar-refractivity contribution in [3.63, 3.8) is 0 Å². The van der Waals surface area contributed by atoms with E-state index in [1.807, 2.05) is 12.1 Å². The zero-order valence-corrected chi connectivity index (χ0v) is 11.9. The van der Waals surface area contributed by atoms with Crippen molar-refractivity contribution in [2.45, 2.75) is 3.12 Å². The molecule has 2 aromatic heterocycles. The van der Waals surface area contributed by atoms with E-state index in [2.05, 4.69) is 11.1 Å². The molecule has 3 nitrogen and oxygen atoms in total. The monoisotopic (exact) mass is 317 g/mol. The van der Waals surface area contributed by atoms with Crippen LogP contribution in [0.1, 0.15) is 5.56 Å². The van der Waals surface area contributed by atoms with Gasteiger partial charge in [-0.25, -0.2) is 0 Å². The van der Waals surface area contributed by atoms with E-state index in [1.54, 1.807) is 28.8 Å². The van der Waals surface area contributed by atoms with E-state index in [4.69, 9.17) is 40.1 Å². The molecule has 2 rings (SSSR count). The van der Waals surface area contributed by atoms with Gasteiger partial charge in [0, 0.05) is 42.3 Å². The highest BCUT2D eigenvalue weighted by Gasteiger charge is 2.22. The van der Waals surface area contributed by atoms with Crippen molar-refractivity contribution in [1.82, 2.24) is 8.96 Å². The first kappa shape index (κ1) is 13.6. The Hall–Kier alpha value is -0.860. The van der Waals surface area contributed by atoms with E-state index >= 15 is 0 Å². The summed E-state index contributed by atoms with van der Waals surface area (Å²) in [4.78, 5) is 3.93. The van der Waals surface area contributed by atoms with Crippen LogP contribution in [0.25, 0.3) is 11.1 Å². The number of aromatic nitrogens is 2. The molecule has 0 unspecified atom stereocenters. The van der Waals surface area contributed by atoms with E-state index < -0.39 is 3.12 Å². The van der Waals surface area contributed by atoms with Gasteiger partial charge in [-0.1, -0.05) is 34.8 Å². The van der Waals surface area contributed by atoms with Crippen molar-refractivity contribution < 1.29 is 0 Å².